The van der Waals surface area contributed by atoms with E-state index in [9.17, 15) is 4.79 Å². The molecule has 0 aromatic carbocycles. The number of nitrogens with zero attached hydrogens (tertiary/aromatic N) is 1. The SMILES string of the molecule is NC1CCCN(C(=O)CC2CCCCO2)C1. The minimum Gasteiger partial charge on any atom is -0.378 e. The summed E-state index contributed by atoms with van der Waals surface area (Å²) in [5.41, 5.74) is 5.87. The third-order valence-electron chi connectivity index (χ3n) is 3.49. The summed E-state index contributed by atoms with van der Waals surface area (Å²) < 4.78 is 5.59. The molecule has 2 atom stereocenters. The zero-order chi connectivity index (χ0) is 11.4. The van der Waals surface area contributed by atoms with Gasteiger partial charge in [0.1, 0.15) is 0 Å². The average molecular weight is 226 g/mol. The zero-order valence-corrected chi connectivity index (χ0v) is 9.86. The maximum Gasteiger partial charge on any atom is 0.225 e. The van der Waals surface area contributed by atoms with Gasteiger partial charge in [-0.25, -0.2) is 0 Å². The Morgan fingerprint density at radius 1 is 1.31 bits per heavy atom. The van der Waals surface area contributed by atoms with Gasteiger partial charge in [-0.2, -0.15) is 0 Å². The number of rotatable bonds is 2. The Morgan fingerprint density at radius 2 is 2.19 bits per heavy atom. The fourth-order valence-corrected chi connectivity index (χ4v) is 2.53. The van der Waals surface area contributed by atoms with E-state index < -0.39 is 0 Å². The highest BCUT2D eigenvalue weighted by atomic mass is 16.5. The van der Waals surface area contributed by atoms with Gasteiger partial charge in [-0.1, -0.05) is 0 Å². The van der Waals surface area contributed by atoms with Crippen LogP contribution in [-0.2, 0) is 9.53 Å². The van der Waals surface area contributed by atoms with Crippen molar-refractivity contribution in [1.82, 2.24) is 4.90 Å². The summed E-state index contributed by atoms with van der Waals surface area (Å²) in [6.07, 6.45) is 6.15. The Labute approximate surface area is 97.1 Å². The lowest BCUT2D eigenvalue weighted by atomic mass is 10.0. The highest BCUT2D eigenvalue weighted by Gasteiger charge is 2.24. The topological polar surface area (TPSA) is 55.6 Å². The summed E-state index contributed by atoms with van der Waals surface area (Å²) in [5, 5.41) is 0. The van der Waals surface area contributed by atoms with Crippen LogP contribution >= 0.6 is 0 Å². The van der Waals surface area contributed by atoms with Crippen LogP contribution in [0.15, 0.2) is 0 Å². The summed E-state index contributed by atoms with van der Waals surface area (Å²) in [7, 11) is 0. The van der Waals surface area contributed by atoms with Crippen LogP contribution in [0.5, 0.6) is 0 Å². The van der Waals surface area contributed by atoms with Gasteiger partial charge >= 0.3 is 0 Å². The van der Waals surface area contributed by atoms with Crippen molar-refractivity contribution in [3.8, 4) is 0 Å². The molecule has 0 bridgehead atoms. The Balaban J connectivity index is 1.77. The monoisotopic (exact) mass is 226 g/mol. The minimum absolute atomic E-state index is 0.152. The van der Waals surface area contributed by atoms with E-state index in [0.717, 1.165) is 45.4 Å². The molecule has 92 valence electrons. The Bertz CT molecular complexity index is 239. The molecule has 2 N–H and O–H groups in total. The quantitative estimate of drug-likeness (QED) is 0.761. The third kappa shape index (κ3) is 3.19. The number of carbonyl (C=O) groups excluding carboxylic acids is 1. The number of likely N-dealkylation sites (tertiary alicyclic amines) is 1. The van der Waals surface area contributed by atoms with E-state index in [4.69, 9.17) is 10.5 Å². The Hall–Kier alpha value is -0.610. The summed E-state index contributed by atoms with van der Waals surface area (Å²) in [4.78, 5) is 13.9. The van der Waals surface area contributed by atoms with Crippen molar-refractivity contribution in [2.75, 3.05) is 19.7 Å². The van der Waals surface area contributed by atoms with Crippen molar-refractivity contribution in [1.29, 1.82) is 0 Å². The van der Waals surface area contributed by atoms with Crippen LogP contribution in [0.3, 0.4) is 0 Å². The van der Waals surface area contributed by atoms with Gasteiger partial charge in [0.2, 0.25) is 5.91 Å². The molecule has 0 saturated carbocycles. The molecule has 2 aliphatic rings. The first-order chi connectivity index (χ1) is 7.75. The van der Waals surface area contributed by atoms with Crippen LogP contribution < -0.4 is 5.73 Å². The molecule has 16 heavy (non-hydrogen) atoms. The molecule has 2 saturated heterocycles. The van der Waals surface area contributed by atoms with Gasteiger partial charge in [0.15, 0.2) is 0 Å². The van der Waals surface area contributed by atoms with Crippen LogP contribution in [0.1, 0.15) is 38.5 Å². The van der Waals surface area contributed by atoms with Crippen molar-refractivity contribution >= 4 is 5.91 Å². The van der Waals surface area contributed by atoms with E-state index in [1.54, 1.807) is 0 Å². The molecule has 1 amide bonds. The van der Waals surface area contributed by atoms with Crippen LogP contribution in [0.4, 0.5) is 0 Å². The first-order valence-electron chi connectivity index (χ1n) is 6.40. The predicted molar refractivity (Wildman–Crippen MR) is 62.0 cm³/mol. The van der Waals surface area contributed by atoms with Crippen molar-refractivity contribution < 1.29 is 9.53 Å². The normalized spacial score (nSPS) is 31.4. The summed E-state index contributed by atoms with van der Waals surface area (Å²) in [6, 6.07) is 0.171. The Kier molecular flexibility index (Phi) is 4.18. The van der Waals surface area contributed by atoms with Gasteiger partial charge < -0.3 is 15.4 Å². The lowest BCUT2D eigenvalue weighted by molar-refractivity contribution is -0.136. The second-order valence-corrected chi connectivity index (χ2v) is 4.93. The standard InChI is InChI=1S/C12H22N2O2/c13-10-4-3-6-14(9-10)12(15)8-11-5-1-2-7-16-11/h10-11H,1-9,13H2. The molecule has 0 aromatic rings. The lowest BCUT2D eigenvalue weighted by Crippen LogP contribution is -2.46. The molecule has 0 radical (unpaired) electrons. The van der Waals surface area contributed by atoms with E-state index in [0.29, 0.717) is 6.42 Å². The summed E-state index contributed by atoms with van der Waals surface area (Å²) >= 11 is 0. The van der Waals surface area contributed by atoms with Crippen molar-refractivity contribution in [3.05, 3.63) is 0 Å². The van der Waals surface area contributed by atoms with E-state index >= 15 is 0 Å². The number of nitrogens with two attached hydrogens (primary N) is 1. The van der Waals surface area contributed by atoms with Crippen molar-refractivity contribution in [3.63, 3.8) is 0 Å². The van der Waals surface area contributed by atoms with Gasteiger partial charge in [-0.3, -0.25) is 4.79 Å². The van der Waals surface area contributed by atoms with E-state index in [-0.39, 0.29) is 18.1 Å². The van der Waals surface area contributed by atoms with E-state index in [2.05, 4.69) is 0 Å². The molecule has 0 aromatic heterocycles. The predicted octanol–water partition coefficient (Wildman–Crippen LogP) is 0.895. The van der Waals surface area contributed by atoms with E-state index in [1.165, 1.54) is 6.42 Å². The van der Waals surface area contributed by atoms with E-state index in [1.807, 2.05) is 4.90 Å². The Morgan fingerprint density at radius 3 is 2.88 bits per heavy atom. The highest BCUT2D eigenvalue weighted by molar-refractivity contribution is 5.76. The molecule has 2 fully saturated rings. The fraction of sp³-hybridized carbons (Fsp3) is 0.917. The highest BCUT2D eigenvalue weighted by Crippen LogP contribution is 2.18. The van der Waals surface area contributed by atoms with Gasteiger partial charge in [-0.15, -0.1) is 0 Å². The smallest absolute Gasteiger partial charge is 0.225 e. The van der Waals surface area contributed by atoms with Gasteiger partial charge in [0.05, 0.1) is 12.5 Å². The fourth-order valence-electron chi connectivity index (χ4n) is 2.53. The van der Waals surface area contributed by atoms with Crippen LogP contribution in [0.25, 0.3) is 0 Å². The molecule has 4 nitrogen and oxygen atoms in total. The van der Waals surface area contributed by atoms with Crippen molar-refractivity contribution in [2.24, 2.45) is 5.73 Å². The first-order valence-corrected chi connectivity index (χ1v) is 6.40. The van der Waals surface area contributed by atoms with Crippen molar-refractivity contribution in [2.45, 2.75) is 50.7 Å². The second kappa shape index (κ2) is 5.64. The molecular formula is C12H22N2O2. The van der Waals surface area contributed by atoms with Gasteiger partial charge in [0, 0.05) is 25.7 Å². The van der Waals surface area contributed by atoms with Gasteiger partial charge in [0.25, 0.3) is 0 Å². The van der Waals surface area contributed by atoms with Gasteiger partial charge in [-0.05, 0) is 32.1 Å². The number of ether oxygens (including phenoxy) is 1. The van der Waals surface area contributed by atoms with Crippen LogP contribution in [-0.4, -0.2) is 42.6 Å². The molecule has 0 spiro atoms. The molecule has 2 heterocycles. The van der Waals surface area contributed by atoms with Crippen LogP contribution in [0.2, 0.25) is 0 Å². The first kappa shape index (κ1) is 11.9. The minimum atomic E-state index is 0.152. The maximum atomic E-state index is 12.0. The lowest BCUT2D eigenvalue weighted by Gasteiger charge is -2.32. The molecule has 2 rings (SSSR count). The average Bonchev–Trinajstić information content (AvgIpc) is 2.30. The zero-order valence-electron chi connectivity index (χ0n) is 9.86. The molecule has 2 aliphatic heterocycles. The summed E-state index contributed by atoms with van der Waals surface area (Å²) in [6.45, 7) is 2.42. The summed E-state index contributed by atoms with van der Waals surface area (Å²) in [5.74, 6) is 0.224. The molecule has 0 aliphatic carbocycles. The molecule has 4 heteroatoms. The molecular weight excluding hydrogens is 204 g/mol. The second-order valence-electron chi connectivity index (χ2n) is 4.93. The number of amides is 1. The number of carbonyl (C=O) groups is 1. The number of hydrogen-bond acceptors (Lipinski definition) is 3. The molecule has 2 unspecified atom stereocenters. The number of hydrogen-bond donors (Lipinski definition) is 1. The van der Waals surface area contributed by atoms with Crippen LogP contribution in [0, 0.1) is 0 Å². The third-order valence-corrected chi connectivity index (χ3v) is 3.49. The number of piperidine rings is 1. The largest absolute Gasteiger partial charge is 0.378 e. The maximum absolute atomic E-state index is 12.0.